The predicted octanol–water partition coefficient (Wildman–Crippen LogP) is 3.47. The molecule has 0 aromatic heterocycles. The molecular formula is C17H20ClN3O3S. The molecule has 2 aromatic rings. The molecule has 0 aliphatic rings. The van der Waals surface area contributed by atoms with Crippen LogP contribution >= 0.6 is 11.6 Å². The van der Waals surface area contributed by atoms with Gasteiger partial charge in [0.15, 0.2) is 0 Å². The SMILES string of the molecule is CS(=O)(=O)Nc1ccc(CCCNC(=O)Nc2ccc(Cl)cc2)cc1. The Morgan fingerprint density at radius 2 is 1.60 bits per heavy atom. The molecular weight excluding hydrogens is 362 g/mol. The second kappa shape index (κ2) is 8.73. The van der Waals surface area contributed by atoms with Crippen LogP contribution in [0, 0.1) is 0 Å². The summed E-state index contributed by atoms with van der Waals surface area (Å²) in [7, 11) is -3.26. The van der Waals surface area contributed by atoms with E-state index in [1.165, 1.54) is 0 Å². The molecule has 0 heterocycles. The van der Waals surface area contributed by atoms with Crippen LogP contribution in [0.2, 0.25) is 5.02 Å². The molecule has 2 aromatic carbocycles. The number of nitrogens with one attached hydrogen (secondary N) is 3. The maximum absolute atomic E-state index is 11.8. The van der Waals surface area contributed by atoms with E-state index in [0.29, 0.717) is 22.9 Å². The number of carbonyl (C=O) groups is 1. The first kappa shape index (κ1) is 19.1. The lowest BCUT2D eigenvalue weighted by Gasteiger charge is -2.08. The summed E-state index contributed by atoms with van der Waals surface area (Å²) in [5.41, 5.74) is 2.28. The van der Waals surface area contributed by atoms with Gasteiger partial charge in [-0.1, -0.05) is 23.7 Å². The summed E-state index contributed by atoms with van der Waals surface area (Å²) in [4.78, 5) is 11.8. The van der Waals surface area contributed by atoms with Crippen molar-refractivity contribution in [2.75, 3.05) is 22.8 Å². The van der Waals surface area contributed by atoms with Crippen LogP contribution < -0.4 is 15.4 Å². The van der Waals surface area contributed by atoms with Gasteiger partial charge >= 0.3 is 6.03 Å². The normalized spacial score (nSPS) is 11.0. The van der Waals surface area contributed by atoms with Crippen molar-refractivity contribution in [1.29, 1.82) is 0 Å². The zero-order valence-electron chi connectivity index (χ0n) is 13.8. The van der Waals surface area contributed by atoms with Crippen molar-refractivity contribution >= 4 is 39.0 Å². The van der Waals surface area contributed by atoms with Gasteiger partial charge in [-0.3, -0.25) is 4.72 Å². The highest BCUT2D eigenvalue weighted by atomic mass is 35.5. The summed E-state index contributed by atoms with van der Waals surface area (Å²) < 4.78 is 24.7. The van der Waals surface area contributed by atoms with E-state index in [9.17, 15) is 13.2 Å². The Labute approximate surface area is 152 Å². The van der Waals surface area contributed by atoms with Crippen LogP contribution in [0.4, 0.5) is 16.2 Å². The van der Waals surface area contributed by atoms with Crippen molar-refractivity contribution in [2.24, 2.45) is 0 Å². The first-order valence-electron chi connectivity index (χ1n) is 7.69. The lowest BCUT2D eigenvalue weighted by atomic mass is 10.1. The van der Waals surface area contributed by atoms with Crippen LogP contribution in [0.25, 0.3) is 0 Å². The molecule has 6 nitrogen and oxygen atoms in total. The van der Waals surface area contributed by atoms with Crippen molar-refractivity contribution in [3.05, 3.63) is 59.1 Å². The third-order valence-electron chi connectivity index (χ3n) is 3.29. The first-order chi connectivity index (χ1) is 11.8. The third-order valence-corrected chi connectivity index (χ3v) is 4.15. The number of benzene rings is 2. The highest BCUT2D eigenvalue weighted by molar-refractivity contribution is 7.92. The van der Waals surface area contributed by atoms with Crippen molar-refractivity contribution in [3.8, 4) is 0 Å². The van der Waals surface area contributed by atoms with Crippen LogP contribution in [0.15, 0.2) is 48.5 Å². The van der Waals surface area contributed by atoms with E-state index in [4.69, 9.17) is 11.6 Å². The predicted molar refractivity (Wildman–Crippen MR) is 102 cm³/mol. The number of anilines is 2. The number of halogens is 1. The number of aryl methyl sites for hydroxylation is 1. The monoisotopic (exact) mass is 381 g/mol. The fourth-order valence-electron chi connectivity index (χ4n) is 2.16. The number of hydrogen-bond acceptors (Lipinski definition) is 3. The van der Waals surface area contributed by atoms with Gasteiger partial charge in [-0.05, 0) is 54.8 Å². The van der Waals surface area contributed by atoms with Crippen molar-refractivity contribution in [1.82, 2.24) is 5.32 Å². The van der Waals surface area contributed by atoms with Gasteiger partial charge in [0, 0.05) is 22.9 Å². The second-order valence-corrected chi connectivity index (χ2v) is 7.75. The number of rotatable bonds is 7. The van der Waals surface area contributed by atoms with E-state index in [0.717, 1.165) is 24.7 Å². The lowest BCUT2D eigenvalue weighted by Crippen LogP contribution is -2.29. The molecule has 0 fully saturated rings. The molecule has 2 rings (SSSR count). The van der Waals surface area contributed by atoms with Crippen LogP contribution in [0.1, 0.15) is 12.0 Å². The summed E-state index contributed by atoms with van der Waals surface area (Å²) in [6.45, 7) is 0.531. The van der Waals surface area contributed by atoms with Gasteiger partial charge in [-0.15, -0.1) is 0 Å². The summed E-state index contributed by atoms with van der Waals surface area (Å²) in [5, 5.41) is 6.12. The first-order valence-corrected chi connectivity index (χ1v) is 9.96. The molecule has 0 unspecified atom stereocenters. The number of amides is 2. The highest BCUT2D eigenvalue weighted by Crippen LogP contribution is 2.13. The fraction of sp³-hybridized carbons (Fsp3) is 0.235. The molecule has 0 bridgehead atoms. The molecule has 0 saturated carbocycles. The topological polar surface area (TPSA) is 87.3 Å². The second-order valence-electron chi connectivity index (χ2n) is 5.56. The summed E-state index contributed by atoms with van der Waals surface area (Å²) >= 11 is 5.79. The Balaban J connectivity index is 1.70. The Hall–Kier alpha value is -2.25. The van der Waals surface area contributed by atoms with Crippen molar-refractivity contribution in [3.63, 3.8) is 0 Å². The Morgan fingerprint density at radius 1 is 1.00 bits per heavy atom. The number of hydrogen-bond donors (Lipinski definition) is 3. The van der Waals surface area contributed by atoms with E-state index < -0.39 is 10.0 Å². The Bertz CT molecular complexity index is 806. The number of sulfonamides is 1. The van der Waals surface area contributed by atoms with Gasteiger partial charge in [-0.25, -0.2) is 13.2 Å². The molecule has 3 N–H and O–H groups in total. The average Bonchev–Trinajstić information content (AvgIpc) is 2.54. The quantitative estimate of drug-likeness (QED) is 0.642. The molecule has 0 atom stereocenters. The molecule has 0 radical (unpaired) electrons. The van der Waals surface area contributed by atoms with Crippen molar-refractivity contribution in [2.45, 2.75) is 12.8 Å². The van der Waals surface area contributed by atoms with Gasteiger partial charge in [0.25, 0.3) is 0 Å². The number of urea groups is 1. The van der Waals surface area contributed by atoms with E-state index in [1.54, 1.807) is 36.4 Å². The average molecular weight is 382 g/mol. The summed E-state index contributed by atoms with van der Waals surface area (Å²) in [6, 6.07) is 13.8. The Kier molecular flexibility index (Phi) is 6.66. The zero-order valence-corrected chi connectivity index (χ0v) is 15.3. The zero-order chi connectivity index (χ0) is 18.3. The molecule has 0 saturated heterocycles. The van der Waals surface area contributed by atoms with E-state index in [1.807, 2.05) is 12.1 Å². The Morgan fingerprint density at radius 3 is 2.20 bits per heavy atom. The standard InChI is InChI=1S/C17H20ClN3O3S/c1-25(23,24)21-16-8-4-13(5-9-16)3-2-12-19-17(22)20-15-10-6-14(18)7-11-15/h4-11,21H,2-3,12H2,1H3,(H2,19,20,22). The maximum Gasteiger partial charge on any atom is 0.319 e. The highest BCUT2D eigenvalue weighted by Gasteiger charge is 2.03. The van der Waals surface area contributed by atoms with Crippen LogP contribution in [0.5, 0.6) is 0 Å². The minimum absolute atomic E-state index is 0.268. The largest absolute Gasteiger partial charge is 0.338 e. The van der Waals surface area contributed by atoms with Gasteiger partial charge in [0.05, 0.1) is 6.26 Å². The lowest BCUT2D eigenvalue weighted by molar-refractivity contribution is 0.252. The molecule has 134 valence electrons. The minimum Gasteiger partial charge on any atom is -0.338 e. The summed E-state index contributed by atoms with van der Waals surface area (Å²) in [5.74, 6) is 0. The van der Waals surface area contributed by atoms with E-state index >= 15 is 0 Å². The fourth-order valence-corrected chi connectivity index (χ4v) is 2.85. The molecule has 2 amide bonds. The molecule has 0 aliphatic heterocycles. The molecule has 0 aliphatic carbocycles. The molecule has 0 spiro atoms. The van der Waals surface area contributed by atoms with Gasteiger partial charge in [0.1, 0.15) is 0 Å². The van der Waals surface area contributed by atoms with Gasteiger partial charge in [0.2, 0.25) is 10.0 Å². The van der Waals surface area contributed by atoms with Gasteiger partial charge in [-0.2, -0.15) is 0 Å². The van der Waals surface area contributed by atoms with E-state index in [-0.39, 0.29) is 6.03 Å². The maximum atomic E-state index is 11.8. The van der Waals surface area contributed by atoms with Crippen LogP contribution in [0.3, 0.4) is 0 Å². The molecule has 25 heavy (non-hydrogen) atoms. The van der Waals surface area contributed by atoms with Crippen LogP contribution in [-0.2, 0) is 16.4 Å². The van der Waals surface area contributed by atoms with E-state index in [2.05, 4.69) is 15.4 Å². The number of carbonyl (C=O) groups excluding carboxylic acids is 1. The third kappa shape index (κ3) is 7.45. The molecule has 8 heteroatoms. The van der Waals surface area contributed by atoms with Gasteiger partial charge < -0.3 is 10.6 Å². The minimum atomic E-state index is -3.26. The van der Waals surface area contributed by atoms with Crippen LogP contribution in [-0.4, -0.2) is 27.2 Å². The smallest absolute Gasteiger partial charge is 0.319 e. The van der Waals surface area contributed by atoms with Crippen molar-refractivity contribution < 1.29 is 13.2 Å². The summed E-state index contributed by atoms with van der Waals surface area (Å²) in [6.07, 6.45) is 2.66.